The summed E-state index contributed by atoms with van der Waals surface area (Å²) in [5.74, 6) is 1.43. The van der Waals surface area contributed by atoms with E-state index in [0.29, 0.717) is 10.9 Å². The molecule has 0 radical (unpaired) electrons. The lowest BCUT2D eigenvalue weighted by atomic mass is 10.0. The highest BCUT2D eigenvalue weighted by Crippen LogP contribution is 2.45. The molecule has 1 aromatic carbocycles. The highest BCUT2D eigenvalue weighted by Gasteiger charge is 2.42. The van der Waals surface area contributed by atoms with Gasteiger partial charge in [-0.05, 0) is 48.6 Å². The Morgan fingerprint density at radius 2 is 1.93 bits per heavy atom. The maximum absolute atomic E-state index is 5.75. The highest BCUT2D eigenvalue weighted by atomic mass is 32.1. The molecule has 3 heterocycles. The van der Waals surface area contributed by atoms with Crippen LogP contribution in [0.2, 0.25) is 0 Å². The summed E-state index contributed by atoms with van der Waals surface area (Å²) in [5, 5.41) is 4.09. The fourth-order valence-corrected chi connectivity index (χ4v) is 4.02. The summed E-state index contributed by atoms with van der Waals surface area (Å²) in [6, 6.07) is 15.7. The Balaban J connectivity index is 1.86. The molecule has 28 heavy (non-hydrogen) atoms. The van der Waals surface area contributed by atoms with Crippen molar-refractivity contribution in [2.75, 3.05) is 19.1 Å². The van der Waals surface area contributed by atoms with E-state index < -0.39 is 0 Å². The Bertz CT molecular complexity index is 989. The van der Waals surface area contributed by atoms with Crippen molar-refractivity contribution in [3.63, 3.8) is 0 Å². The second-order valence-electron chi connectivity index (χ2n) is 6.58. The molecule has 0 saturated carbocycles. The van der Waals surface area contributed by atoms with Crippen molar-refractivity contribution in [3.05, 3.63) is 72.3 Å². The van der Waals surface area contributed by atoms with E-state index in [4.69, 9.17) is 21.7 Å². The molecule has 1 aliphatic rings. The zero-order chi connectivity index (χ0) is 19.7. The molecule has 1 saturated heterocycles. The van der Waals surface area contributed by atoms with E-state index in [1.807, 2.05) is 55.7 Å². The molecule has 144 valence electrons. The van der Waals surface area contributed by atoms with Gasteiger partial charge >= 0.3 is 0 Å². The Morgan fingerprint density at radius 3 is 2.57 bits per heavy atom. The number of anilines is 1. The standard InChI is InChI=1S/C21H22N4O2S/c1-24-12-6-8-17(24)20-19(15-7-4-5-11-22-15)23-21(28)25(20)16-10-9-14(26-2)13-18(16)27-3/h4-13,19-20H,1-3H3,(H,23,28)/t19-,20+/m0/s1. The number of hydrogen-bond acceptors (Lipinski definition) is 4. The van der Waals surface area contributed by atoms with Crippen LogP contribution in [-0.2, 0) is 7.05 Å². The molecular formula is C21H22N4O2S. The molecule has 2 aromatic heterocycles. The van der Waals surface area contributed by atoms with Gasteiger partial charge in [0.25, 0.3) is 0 Å². The number of benzene rings is 1. The van der Waals surface area contributed by atoms with Gasteiger partial charge < -0.3 is 24.3 Å². The van der Waals surface area contributed by atoms with Gasteiger partial charge in [-0.2, -0.15) is 0 Å². The summed E-state index contributed by atoms with van der Waals surface area (Å²) in [7, 11) is 5.33. The van der Waals surface area contributed by atoms with Gasteiger partial charge in [0.05, 0.1) is 31.6 Å². The van der Waals surface area contributed by atoms with E-state index >= 15 is 0 Å². The third kappa shape index (κ3) is 3.07. The van der Waals surface area contributed by atoms with Crippen LogP contribution < -0.4 is 19.7 Å². The maximum Gasteiger partial charge on any atom is 0.174 e. The maximum atomic E-state index is 5.75. The Hall–Kier alpha value is -3.06. The first kappa shape index (κ1) is 18.3. The van der Waals surface area contributed by atoms with E-state index in [1.54, 1.807) is 20.4 Å². The molecule has 0 amide bonds. The van der Waals surface area contributed by atoms with Crippen molar-refractivity contribution in [2.45, 2.75) is 12.1 Å². The van der Waals surface area contributed by atoms with Crippen LogP contribution >= 0.6 is 12.2 Å². The third-order valence-corrected chi connectivity index (χ3v) is 5.35. The van der Waals surface area contributed by atoms with Gasteiger partial charge in [-0.25, -0.2) is 0 Å². The molecule has 3 aromatic rings. The Kier molecular flexibility index (Phi) is 4.92. The minimum Gasteiger partial charge on any atom is -0.497 e. The molecule has 0 aliphatic carbocycles. The zero-order valence-corrected chi connectivity index (χ0v) is 16.8. The minimum atomic E-state index is -0.0888. The van der Waals surface area contributed by atoms with E-state index in [1.165, 1.54) is 0 Å². The van der Waals surface area contributed by atoms with Gasteiger partial charge in [0.1, 0.15) is 17.5 Å². The summed E-state index contributed by atoms with van der Waals surface area (Å²) < 4.78 is 13.1. The van der Waals surface area contributed by atoms with Gasteiger partial charge in [0, 0.05) is 31.2 Å². The summed E-state index contributed by atoms with van der Waals surface area (Å²) in [4.78, 5) is 6.67. The topological polar surface area (TPSA) is 51.5 Å². The van der Waals surface area contributed by atoms with Crippen molar-refractivity contribution in [1.29, 1.82) is 0 Å². The Morgan fingerprint density at radius 1 is 1.07 bits per heavy atom. The normalized spacial score (nSPS) is 18.8. The molecule has 0 bridgehead atoms. The van der Waals surface area contributed by atoms with E-state index in [-0.39, 0.29) is 12.1 Å². The van der Waals surface area contributed by atoms with Crippen LogP contribution in [0.4, 0.5) is 5.69 Å². The number of nitrogens with zero attached hydrogens (tertiary/aromatic N) is 3. The average Bonchev–Trinajstić information content (AvgIpc) is 3.30. The van der Waals surface area contributed by atoms with Crippen LogP contribution in [0.25, 0.3) is 0 Å². The second-order valence-corrected chi connectivity index (χ2v) is 6.97. The lowest BCUT2D eigenvalue weighted by Gasteiger charge is -2.29. The van der Waals surface area contributed by atoms with Gasteiger partial charge in [-0.1, -0.05) is 6.07 Å². The fraction of sp³-hybridized carbons (Fsp3) is 0.238. The van der Waals surface area contributed by atoms with Crippen LogP contribution in [-0.4, -0.2) is 28.9 Å². The van der Waals surface area contributed by atoms with Crippen LogP contribution in [0.5, 0.6) is 11.5 Å². The Labute approximate surface area is 169 Å². The number of pyridine rings is 1. The molecule has 4 rings (SSSR count). The second kappa shape index (κ2) is 7.52. The van der Waals surface area contributed by atoms with Crippen molar-refractivity contribution < 1.29 is 9.47 Å². The molecular weight excluding hydrogens is 372 g/mol. The van der Waals surface area contributed by atoms with Crippen LogP contribution in [0.1, 0.15) is 23.5 Å². The van der Waals surface area contributed by atoms with Gasteiger partial charge in [-0.3, -0.25) is 4.98 Å². The predicted molar refractivity (Wildman–Crippen MR) is 113 cm³/mol. The number of ether oxygens (including phenoxy) is 2. The minimum absolute atomic E-state index is 0.0790. The van der Waals surface area contributed by atoms with Crippen LogP contribution in [0, 0.1) is 0 Å². The largest absolute Gasteiger partial charge is 0.497 e. The third-order valence-electron chi connectivity index (χ3n) is 5.03. The van der Waals surface area contributed by atoms with E-state index in [0.717, 1.165) is 22.8 Å². The lowest BCUT2D eigenvalue weighted by molar-refractivity contribution is 0.394. The first-order valence-electron chi connectivity index (χ1n) is 8.98. The number of rotatable bonds is 5. The summed E-state index contributed by atoms with van der Waals surface area (Å²) in [6.07, 6.45) is 3.84. The number of aromatic nitrogens is 2. The number of nitrogens with one attached hydrogen (secondary N) is 1. The number of aryl methyl sites for hydroxylation is 1. The van der Waals surface area contributed by atoms with Gasteiger partial charge in [0.2, 0.25) is 0 Å². The fourth-order valence-electron chi connectivity index (χ4n) is 3.68. The number of hydrogen-bond donors (Lipinski definition) is 1. The van der Waals surface area contributed by atoms with E-state index in [2.05, 4.69) is 25.8 Å². The zero-order valence-electron chi connectivity index (χ0n) is 16.0. The quantitative estimate of drug-likeness (QED) is 0.667. The SMILES string of the molecule is COc1ccc(N2C(=S)N[C@@H](c3ccccn3)[C@H]2c2cccn2C)c(OC)c1. The van der Waals surface area contributed by atoms with Crippen LogP contribution in [0.15, 0.2) is 60.9 Å². The molecule has 1 fully saturated rings. The van der Waals surface area contributed by atoms with Crippen molar-refractivity contribution >= 4 is 23.0 Å². The average molecular weight is 395 g/mol. The molecule has 1 N–H and O–H groups in total. The van der Waals surface area contributed by atoms with Crippen molar-refractivity contribution in [2.24, 2.45) is 7.05 Å². The predicted octanol–water partition coefficient (Wildman–Crippen LogP) is 3.61. The van der Waals surface area contributed by atoms with E-state index in [9.17, 15) is 0 Å². The van der Waals surface area contributed by atoms with Crippen molar-refractivity contribution in [3.8, 4) is 11.5 Å². The highest BCUT2D eigenvalue weighted by molar-refractivity contribution is 7.80. The first-order valence-corrected chi connectivity index (χ1v) is 9.38. The molecule has 1 aliphatic heterocycles. The van der Waals surface area contributed by atoms with Gasteiger partial charge in [-0.15, -0.1) is 0 Å². The first-order chi connectivity index (χ1) is 13.6. The molecule has 7 heteroatoms. The molecule has 0 unspecified atom stereocenters. The summed E-state index contributed by atoms with van der Waals surface area (Å²) >= 11 is 5.75. The molecule has 6 nitrogen and oxygen atoms in total. The van der Waals surface area contributed by atoms with Crippen LogP contribution in [0.3, 0.4) is 0 Å². The van der Waals surface area contributed by atoms with Gasteiger partial charge in [0.15, 0.2) is 5.11 Å². The lowest BCUT2D eigenvalue weighted by Crippen LogP contribution is -2.30. The van der Waals surface area contributed by atoms with Crippen molar-refractivity contribution in [1.82, 2.24) is 14.9 Å². The molecule has 0 spiro atoms. The summed E-state index contributed by atoms with van der Waals surface area (Å²) in [5.41, 5.74) is 2.94. The number of methoxy groups -OCH3 is 2. The smallest absolute Gasteiger partial charge is 0.174 e. The molecule has 2 atom stereocenters. The summed E-state index contributed by atoms with van der Waals surface area (Å²) in [6.45, 7) is 0. The number of thiocarbonyl (C=S) groups is 1. The monoisotopic (exact) mass is 394 g/mol.